The molecule has 2 fully saturated rings. The van der Waals surface area contributed by atoms with Crippen LogP contribution in [-0.4, -0.2) is 36.4 Å². The van der Waals surface area contributed by atoms with Crippen LogP contribution in [0.25, 0.3) is 0 Å². The highest BCUT2D eigenvalue weighted by Crippen LogP contribution is 2.44. The SMILES string of the molecule is CN(c1nc(C2CC2)c(CO)s1)C1CCOCC1. The molecule has 2 heterocycles. The smallest absolute Gasteiger partial charge is 0.185 e. The molecule has 1 aromatic rings. The first kappa shape index (κ1) is 12.4. The highest BCUT2D eigenvalue weighted by molar-refractivity contribution is 7.15. The van der Waals surface area contributed by atoms with Gasteiger partial charge in [0.2, 0.25) is 0 Å². The molecule has 1 aliphatic heterocycles. The fourth-order valence-corrected chi connectivity index (χ4v) is 3.56. The summed E-state index contributed by atoms with van der Waals surface area (Å²) >= 11 is 1.65. The number of nitrogens with zero attached hydrogens (tertiary/aromatic N) is 2. The number of hydrogen-bond acceptors (Lipinski definition) is 5. The Labute approximate surface area is 112 Å². The minimum absolute atomic E-state index is 0.130. The summed E-state index contributed by atoms with van der Waals surface area (Å²) in [5.74, 6) is 0.611. The van der Waals surface area contributed by atoms with Gasteiger partial charge in [-0.25, -0.2) is 4.98 Å². The summed E-state index contributed by atoms with van der Waals surface area (Å²) in [5.41, 5.74) is 1.15. The Bertz CT molecular complexity index is 411. The van der Waals surface area contributed by atoms with Gasteiger partial charge in [-0.05, 0) is 25.7 Å². The van der Waals surface area contributed by atoms with Crippen LogP contribution in [0.2, 0.25) is 0 Å². The van der Waals surface area contributed by atoms with Crippen molar-refractivity contribution in [2.75, 3.05) is 25.2 Å². The van der Waals surface area contributed by atoms with Crippen LogP contribution in [0.5, 0.6) is 0 Å². The lowest BCUT2D eigenvalue weighted by molar-refractivity contribution is 0.0855. The van der Waals surface area contributed by atoms with E-state index in [4.69, 9.17) is 9.72 Å². The lowest BCUT2D eigenvalue weighted by Crippen LogP contribution is -2.36. The number of aromatic nitrogens is 1. The average molecular weight is 268 g/mol. The van der Waals surface area contributed by atoms with Crippen molar-refractivity contribution >= 4 is 16.5 Å². The summed E-state index contributed by atoms with van der Waals surface area (Å²) in [5, 5.41) is 10.5. The molecule has 0 radical (unpaired) electrons. The molecular weight excluding hydrogens is 248 g/mol. The molecule has 0 atom stereocenters. The summed E-state index contributed by atoms with van der Waals surface area (Å²) in [6.45, 7) is 1.83. The summed E-state index contributed by atoms with van der Waals surface area (Å²) in [4.78, 5) is 8.10. The van der Waals surface area contributed by atoms with E-state index in [-0.39, 0.29) is 6.61 Å². The molecule has 100 valence electrons. The van der Waals surface area contributed by atoms with Crippen LogP contribution in [-0.2, 0) is 11.3 Å². The maximum absolute atomic E-state index is 9.43. The first-order chi connectivity index (χ1) is 8.79. The van der Waals surface area contributed by atoms with Crippen LogP contribution in [0.4, 0.5) is 5.13 Å². The first-order valence-electron chi connectivity index (χ1n) is 6.70. The summed E-state index contributed by atoms with van der Waals surface area (Å²) in [6, 6.07) is 0.531. The van der Waals surface area contributed by atoms with E-state index >= 15 is 0 Å². The lowest BCUT2D eigenvalue weighted by Gasteiger charge is -2.30. The van der Waals surface area contributed by atoms with Crippen molar-refractivity contribution in [2.24, 2.45) is 0 Å². The van der Waals surface area contributed by atoms with Gasteiger partial charge in [-0.2, -0.15) is 0 Å². The topological polar surface area (TPSA) is 45.6 Å². The highest BCUT2D eigenvalue weighted by atomic mass is 32.1. The first-order valence-corrected chi connectivity index (χ1v) is 7.52. The number of thiazole rings is 1. The number of aliphatic hydroxyl groups is 1. The molecule has 0 aromatic carbocycles. The molecule has 0 bridgehead atoms. The van der Waals surface area contributed by atoms with Crippen LogP contribution < -0.4 is 4.90 Å². The summed E-state index contributed by atoms with van der Waals surface area (Å²) in [7, 11) is 2.12. The summed E-state index contributed by atoms with van der Waals surface area (Å²) < 4.78 is 5.40. The van der Waals surface area contributed by atoms with Crippen molar-refractivity contribution in [1.29, 1.82) is 0 Å². The molecule has 1 saturated carbocycles. The van der Waals surface area contributed by atoms with Crippen molar-refractivity contribution in [3.8, 4) is 0 Å². The Hall–Kier alpha value is -0.650. The molecule has 5 heteroatoms. The van der Waals surface area contributed by atoms with Gasteiger partial charge in [0.1, 0.15) is 0 Å². The van der Waals surface area contributed by atoms with E-state index in [2.05, 4.69) is 11.9 Å². The molecule has 0 amide bonds. The zero-order chi connectivity index (χ0) is 12.5. The second-order valence-corrected chi connectivity index (χ2v) is 6.25. The van der Waals surface area contributed by atoms with Gasteiger partial charge >= 0.3 is 0 Å². The van der Waals surface area contributed by atoms with Crippen LogP contribution in [0.1, 0.15) is 42.2 Å². The number of ether oxygens (including phenoxy) is 1. The maximum atomic E-state index is 9.43. The molecule has 4 nitrogen and oxygen atoms in total. The molecule has 0 unspecified atom stereocenters. The summed E-state index contributed by atoms with van der Waals surface area (Å²) in [6.07, 6.45) is 4.61. The molecule has 3 rings (SSSR count). The Morgan fingerprint density at radius 1 is 1.33 bits per heavy atom. The molecule has 1 saturated heterocycles. The number of rotatable bonds is 4. The minimum atomic E-state index is 0.130. The van der Waals surface area contributed by atoms with E-state index in [1.54, 1.807) is 11.3 Å². The Kier molecular flexibility index (Phi) is 3.54. The Morgan fingerprint density at radius 3 is 2.67 bits per heavy atom. The molecule has 0 spiro atoms. The molecule has 1 aliphatic carbocycles. The molecule has 2 aliphatic rings. The van der Waals surface area contributed by atoms with Gasteiger partial charge in [-0.15, -0.1) is 0 Å². The molecular formula is C13H20N2O2S. The third-order valence-corrected chi connectivity index (χ3v) is 5.01. The Morgan fingerprint density at radius 2 is 2.06 bits per heavy atom. The second-order valence-electron chi connectivity index (χ2n) is 5.19. The zero-order valence-corrected chi connectivity index (χ0v) is 11.6. The third-order valence-electron chi connectivity index (χ3n) is 3.86. The second kappa shape index (κ2) is 5.15. The lowest BCUT2D eigenvalue weighted by atomic mass is 10.1. The van der Waals surface area contributed by atoms with Gasteiger partial charge in [0, 0.05) is 32.2 Å². The van der Waals surface area contributed by atoms with Gasteiger partial charge in [0.25, 0.3) is 0 Å². The van der Waals surface area contributed by atoms with E-state index in [9.17, 15) is 5.11 Å². The van der Waals surface area contributed by atoms with E-state index < -0.39 is 0 Å². The fraction of sp³-hybridized carbons (Fsp3) is 0.769. The standard InChI is InChI=1S/C13H20N2O2S/c1-15(10-4-6-17-7-5-10)13-14-12(9-2-3-9)11(8-16)18-13/h9-10,16H,2-8H2,1H3. The zero-order valence-electron chi connectivity index (χ0n) is 10.8. The van der Waals surface area contributed by atoms with Crippen molar-refractivity contribution in [3.05, 3.63) is 10.6 Å². The van der Waals surface area contributed by atoms with E-state index in [1.807, 2.05) is 0 Å². The average Bonchev–Trinajstić information content (AvgIpc) is 3.18. The fourth-order valence-electron chi connectivity index (χ4n) is 2.52. The predicted octanol–water partition coefficient (Wildman–Crippen LogP) is 2.13. The monoisotopic (exact) mass is 268 g/mol. The molecule has 1 N–H and O–H groups in total. The van der Waals surface area contributed by atoms with Crippen LogP contribution in [0, 0.1) is 0 Å². The van der Waals surface area contributed by atoms with Crippen molar-refractivity contribution in [1.82, 2.24) is 4.98 Å². The normalized spacial score (nSPS) is 21.2. The number of hydrogen-bond donors (Lipinski definition) is 1. The van der Waals surface area contributed by atoms with E-state index in [0.717, 1.165) is 41.8 Å². The van der Waals surface area contributed by atoms with Crippen LogP contribution >= 0.6 is 11.3 Å². The third kappa shape index (κ3) is 2.39. The van der Waals surface area contributed by atoms with Gasteiger partial charge in [0.15, 0.2) is 5.13 Å². The van der Waals surface area contributed by atoms with E-state index in [1.165, 1.54) is 12.8 Å². The van der Waals surface area contributed by atoms with Crippen LogP contribution in [0.15, 0.2) is 0 Å². The van der Waals surface area contributed by atoms with Crippen molar-refractivity contribution in [3.63, 3.8) is 0 Å². The van der Waals surface area contributed by atoms with Gasteiger partial charge in [-0.3, -0.25) is 0 Å². The number of aliphatic hydroxyl groups excluding tert-OH is 1. The maximum Gasteiger partial charge on any atom is 0.185 e. The molecule has 18 heavy (non-hydrogen) atoms. The van der Waals surface area contributed by atoms with Crippen LogP contribution in [0.3, 0.4) is 0 Å². The number of anilines is 1. The van der Waals surface area contributed by atoms with Gasteiger partial charge in [0.05, 0.1) is 17.2 Å². The minimum Gasteiger partial charge on any atom is -0.391 e. The van der Waals surface area contributed by atoms with Gasteiger partial charge < -0.3 is 14.7 Å². The quantitative estimate of drug-likeness (QED) is 0.908. The Balaban J connectivity index is 1.77. The largest absolute Gasteiger partial charge is 0.391 e. The highest BCUT2D eigenvalue weighted by Gasteiger charge is 2.31. The van der Waals surface area contributed by atoms with Crippen molar-refractivity contribution in [2.45, 2.75) is 44.2 Å². The van der Waals surface area contributed by atoms with E-state index in [0.29, 0.717) is 12.0 Å². The predicted molar refractivity (Wildman–Crippen MR) is 72.3 cm³/mol. The van der Waals surface area contributed by atoms with Gasteiger partial charge in [-0.1, -0.05) is 11.3 Å². The van der Waals surface area contributed by atoms with Crippen molar-refractivity contribution < 1.29 is 9.84 Å². The molecule has 1 aromatic heterocycles.